The lowest BCUT2D eigenvalue weighted by Gasteiger charge is -2.20. The lowest BCUT2D eigenvalue weighted by atomic mass is 10.0. The van der Waals surface area contributed by atoms with Gasteiger partial charge in [-0.1, -0.05) is 120 Å². The van der Waals surface area contributed by atoms with Gasteiger partial charge in [0.1, 0.15) is 5.30 Å². The molecule has 0 bridgehead atoms. The van der Waals surface area contributed by atoms with Crippen molar-refractivity contribution in [1.29, 1.82) is 0 Å². The summed E-state index contributed by atoms with van der Waals surface area (Å²) in [5.41, 5.74) is 0. The molecule has 0 unspecified atom stereocenters. The van der Waals surface area contributed by atoms with E-state index < -0.39 is 7.26 Å². The molecule has 170 valence electrons. The summed E-state index contributed by atoms with van der Waals surface area (Å²) in [6.07, 6.45) is 21.6. The van der Waals surface area contributed by atoms with Crippen molar-refractivity contribution in [2.75, 3.05) is 19.5 Å². The van der Waals surface area contributed by atoms with Crippen LogP contribution in [0.25, 0.3) is 10.8 Å². The van der Waals surface area contributed by atoms with Crippen LogP contribution in [-0.2, 0) is 0 Å². The molecule has 0 atom stereocenters. The second kappa shape index (κ2) is 15.8. The van der Waals surface area contributed by atoms with Crippen LogP contribution in [0, 0.1) is 0 Å². The quantitative estimate of drug-likeness (QED) is 0.193. The summed E-state index contributed by atoms with van der Waals surface area (Å²) >= 11 is 0. The molecule has 2 heteroatoms. The lowest BCUT2D eigenvalue weighted by molar-refractivity contribution is 0.538. The first-order valence-corrected chi connectivity index (χ1v) is 15.3. The zero-order valence-corrected chi connectivity index (χ0v) is 20.9. The van der Waals surface area contributed by atoms with Gasteiger partial charge in [-0.2, -0.15) is 0 Å². The summed E-state index contributed by atoms with van der Waals surface area (Å²) in [4.78, 5) is 0. The van der Waals surface area contributed by atoms with E-state index in [9.17, 15) is 0 Å². The van der Waals surface area contributed by atoms with E-state index >= 15 is 0 Å². The molecule has 0 aliphatic heterocycles. The van der Waals surface area contributed by atoms with Crippen LogP contribution in [0.4, 0.5) is 0 Å². The Morgan fingerprint density at radius 1 is 0.567 bits per heavy atom. The Kier molecular flexibility index (Phi) is 14.3. The van der Waals surface area contributed by atoms with Crippen LogP contribution >= 0.6 is 7.26 Å². The van der Waals surface area contributed by atoms with Crippen LogP contribution < -0.4 is 5.30 Å². The molecule has 0 fully saturated rings. The molecule has 2 aromatic carbocycles. The third-order valence-electron chi connectivity index (χ3n) is 6.49. The fourth-order valence-electron chi connectivity index (χ4n) is 4.56. The van der Waals surface area contributed by atoms with Gasteiger partial charge in [0.2, 0.25) is 0 Å². The minimum absolute atomic E-state index is 0. The number of unbranched alkanes of at least 4 members (excludes halogenated alkanes) is 13. The first kappa shape index (κ1) is 27.1. The maximum Gasteiger partial charge on any atom is 0.101 e. The molecular formula is C28H47OP. The number of hydrogen-bond donors (Lipinski definition) is 0. The summed E-state index contributed by atoms with van der Waals surface area (Å²) in [5.74, 6) is 0. The van der Waals surface area contributed by atoms with E-state index in [1.165, 1.54) is 107 Å². The predicted molar refractivity (Wildman–Crippen MR) is 139 cm³/mol. The first-order valence-electron chi connectivity index (χ1n) is 12.5. The van der Waals surface area contributed by atoms with Crippen LogP contribution in [0.5, 0.6) is 0 Å². The summed E-state index contributed by atoms with van der Waals surface area (Å²) < 4.78 is 0. The monoisotopic (exact) mass is 430 g/mol. The molecule has 0 saturated carbocycles. The number of fused-ring (bicyclic) bond motifs is 1. The molecular weight excluding hydrogens is 383 g/mol. The van der Waals surface area contributed by atoms with Gasteiger partial charge in [0.05, 0.1) is 19.5 Å². The fourth-order valence-corrected chi connectivity index (χ4v) is 7.16. The molecule has 0 aliphatic rings. The first-order chi connectivity index (χ1) is 14.1. The van der Waals surface area contributed by atoms with E-state index in [-0.39, 0.29) is 5.48 Å². The van der Waals surface area contributed by atoms with Gasteiger partial charge < -0.3 is 5.48 Å². The summed E-state index contributed by atoms with van der Waals surface area (Å²) in [7, 11) is -1.02. The average Bonchev–Trinajstić information content (AvgIpc) is 2.73. The van der Waals surface area contributed by atoms with E-state index in [1.807, 2.05) is 0 Å². The van der Waals surface area contributed by atoms with Gasteiger partial charge in [0, 0.05) is 12.6 Å². The number of benzene rings is 2. The Morgan fingerprint density at radius 3 is 1.60 bits per heavy atom. The zero-order valence-electron chi connectivity index (χ0n) is 20.0. The molecule has 0 aromatic heterocycles. The van der Waals surface area contributed by atoms with E-state index in [1.54, 1.807) is 5.30 Å². The normalized spacial score (nSPS) is 11.6. The van der Waals surface area contributed by atoms with Crippen molar-refractivity contribution < 1.29 is 5.48 Å². The second-order valence-corrected chi connectivity index (χ2v) is 13.8. The maximum absolute atomic E-state index is 2.54. The molecule has 0 saturated heterocycles. The van der Waals surface area contributed by atoms with Gasteiger partial charge in [0.15, 0.2) is 0 Å². The van der Waals surface area contributed by atoms with Crippen molar-refractivity contribution in [2.45, 2.75) is 96.8 Å². The summed E-state index contributed by atoms with van der Waals surface area (Å²) in [5, 5.41) is 4.52. The van der Waals surface area contributed by atoms with Crippen molar-refractivity contribution in [3.05, 3.63) is 42.5 Å². The highest BCUT2D eigenvalue weighted by Crippen LogP contribution is 2.52. The second-order valence-electron chi connectivity index (χ2n) is 9.50. The van der Waals surface area contributed by atoms with Gasteiger partial charge in [-0.05, 0) is 24.3 Å². The average molecular weight is 431 g/mol. The highest BCUT2D eigenvalue weighted by Gasteiger charge is 2.29. The van der Waals surface area contributed by atoms with Crippen LogP contribution in [0.3, 0.4) is 0 Å². The van der Waals surface area contributed by atoms with E-state index in [0.29, 0.717) is 0 Å². The topological polar surface area (TPSA) is 30.0 Å². The molecule has 1 nitrogen and oxygen atoms in total. The molecule has 0 radical (unpaired) electrons. The molecule has 2 aromatic rings. The zero-order chi connectivity index (χ0) is 20.8. The van der Waals surface area contributed by atoms with Gasteiger partial charge >= 0.3 is 0 Å². The highest BCUT2D eigenvalue weighted by molar-refractivity contribution is 7.82. The molecule has 0 aliphatic carbocycles. The Labute approximate surface area is 187 Å². The molecule has 2 rings (SSSR count). The molecule has 30 heavy (non-hydrogen) atoms. The molecule has 0 heterocycles. The minimum Gasteiger partial charge on any atom is -0.870 e. The standard InChI is InChI=1S/C28H46P.H2O/c1-4-5-6-7-8-9-10-11-12-13-14-15-16-19-25-29(2,3)28-24-20-22-26-21-17-18-23-27(26)28;/h17-18,20-24H,4-16,19,25H2,1-3H3;1H2/q+1;/p-1. The summed E-state index contributed by atoms with van der Waals surface area (Å²) in [6, 6.07) is 15.8. The maximum atomic E-state index is 2.54. The van der Waals surface area contributed by atoms with Gasteiger partial charge in [0.25, 0.3) is 0 Å². The number of rotatable bonds is 16. The highest BCUT2D eigenvalue weighted by atomic mass is 31.2. The SMILES string of the molecule is CCCCCCCCCCCCCCCC[P+](C)(C)c1cccc2ccccc12.[OH-]. The number of hydrogen-bond acceptors (Lipinski definition) is 1. The third-order valence-corrected chi connectivity index (χ3v) is 9.62. The van der Waals surface area contributed by atoms with Gasteiger partial charge in [-0.25, -0.2) is 0 Å². The fraction of sp³-hybridized carbons (Fsp3) is 0.643. The smallest absolute Gasteiger partial charge is 0.101 e. The van der Waals surface area contributed by atoms with Crippen molar-refractivity contribution >= 4 is 23.3 Å². The molecule has 0 amide bonds. The largest absolute Gasteiger partial charge is 0.870 e. The van der Waals surface area contributed by atoms with Gasteiger partial charge in [-0.3, -0.25) is 0 Å². The molecule has 1 N–H and O–H groups in total. The predicted octanol–water partition coefficient (Wildman–Crippen LogP) is 9.05. The van der Waals surface area contributed by atoms with Crippen LogP contribution in [0.2, 0.25) is 0 Å². The van der Waals surface area contributed by atoms with Crippen molar-refractivity contribution in [3.8, 4) is 0 Å². The van der Waals surface area contributed by atoms with E-state index in [0.717, 1.165) is 0 Å². The van der Waals surface area contributed by atoms with E-state index in [2.05, 4.69) is 62.7 Å². The molecule has 0 spiro atoms. The third kappa shape index (κ3) is 9.93. The lowest BCUT2D eigenvalue weighted by Crippen LogP contribution is -2.13. The Hall–Kier alpha value is -0.910. The van der Waals surface area contributed by atoms with Crippen LogP contribution in [-0.4, -0.2) is 25.0 Å². The van der Waals surface area contributed by atoms with Gasteiger partial charge in [-0.15, -0.1) is 0 Å². The minimum atomic E-state index is -1.02. The summed E-state index contributed by atoms with van der Waals surface area (Å²) in [6.45, 7) is 7.38. The van der Waals surface area contributed by atoms with Crippen molar-refractivity contribution in [2.24, 2.45) is 0 Å². The Balaban J connectivity index is 0.00000450. The van der Waals surface area contributed by atoms with Crippen LogP contribution in [0.1, 0.15) is 96.8 Å². The van der Waals surface area contributed by atoms with E-state index in [4.69, 9.17) is 0 Å². The Bertz CT molecular complexity index is 674. The van der Waals surface area contributed by atoms with Crippen molar-refractivity contribution in [3.63, 3.8) is 0 Å². The van der Waals surface area contributed by atoms with Crippen LogP contribution in [0.15, 0.2) is 42.5 Å². The van der Waals surface area contributed by atoms with Crippen molar-refractivity contribution in [1.82, 2.24) is 0 Å². The Morgan fingerprint density at radius 2 is 1.03 bits per heavy atom.